The van der Waals surface area contributed by atoms with Gasteiger partial charge < -0.3 is 15.4 Å². The summed E-state index contributed by atoms with van der Waals surface area (Å²) in [4.78, 5) is 0. The molecule has 106 valence electrons. The van der Waals surface area contributed by atoms with Gasteiger partial charge in [-0.2, -0.15) is 13.2 Å². The van der Waals surface area contributed by atoms with Crippen LogP contribution in [-0.2, 0) is 10.9 Å². The molecule has 1 rings (SSSR count). The maximum atomic E-state index is 12.7. The molecule has 0 spiro atoms. The number of hydrogen-bond donors (Lipinski definition) is 2. The molecule has 0 aliphatic heterocycles. The number of hydrogen-bond acceptors (Lipinski definition) is 2. The van der Waals surface area contributed by atoms with Crippen molar-refractivity contribution in [3.8, 4) is 0 Å². The third-order valence-electron chi connectivity index (χ3n) is 2.12. The van der Waals surface area contributed by atoms with E-state index >= 15 is 0 Å². The first-order chi connectivity index (χ1) is 8.84. The summed E-state index contributed by atoms with van der Waals surface area (Å²) in [6, 6.07) is 3.82. The molecule has 0 saturated heterocycles. The van der Waals surface area contributed by atoms with Gasteiger partial charge in [0.05, 0.1) is 12.2 Å². The average Bonchev–Trinajstić information content (AvgIpc) is 2.30. The highest BCUT2D eigenvalue weighted by Crippen LogP contribution is 2.36. The molecule has 0 radical (unpaired) electrons. The Morgan fingerprint density at radius 1 is 1.42 bits per heavy atom. The molecule has 0 aliphatic carbocycles. The number of rotatable bonds is 4. The van der Waals surface area contributed by atoms with E-state index in [0.29, 0.717) is 13.2 Å². The zero-order chi connectivity index (χ0) is 14.5. The van der Waals surface area contributed by atoms with Crippen LogP contribution in [0.2, 0.25) is 0 Å². The number of ether oxygens (including phenoxy) is 1. The van der Waals surface area contributed by atoms with Gasteiger partial charge in [0.25, 0.3) is 0 Å². The van der Waals surface area contributed by atoms with Gasteiger partial charge in [-0.1, -0.05) is 15.9 Å². The SMILES string of the molecule is COCCNC(=S)Nc1ccc(Br)c(C(F)(F)F)c1. The molecule has 0 atom stereocenters. The summed E-state index contributed by atoms with van der Waals surface area (Å²) in [5, 5.41) is 5.73. The Kier molecular flexibility index (Phi) is 6.02. The van der Waals surface area contributed by atoms with Crippen molar-refractivity contribution in [2.75, 3.05) is 25.6 Å². The number of methoxy groups -OCH3 is 1. The van der Waals surface area contributed by atoms with Crippen LogP contribution in [0.1, 0.15) is 5.56 Å². The number of thiocarbonyl (C=S) groups is 1. The van der Waals surface area contributed by atoms with E-state index in [1.807, 2.05) is 0 Å². The quantitative estimate of drug-likeness (QED) is 0.639. The molecular formula is C11H12BrF3N2OS. The van der Waals surface area contributed by atoms with Crippen molar-refractivity contribution in [2.24, 2.45) is 0 Å². The van der Waals surface area contributed by atoms with E-state index in [-0.39, 0.29) is 15.3 Å². The Labute approximate surface area is 122 Å². The molecule has 0 bridgehead atoms. The molecule has 0 saturated carbocycles. The highest BCUT2D eigenvalue weighted by Gasteiger charge is 2.33. The summed E-state index contributed by atoms with van der Waals surface area (Å²) in [7, 11) is 1.54. The Hall–Kier alpha value is -0.860. The Bertz CT molecular complexity index is 454. The van der Waals surface area contributed by atoms with Gasteiger partial charge in [-0.05, 0) is 30.4 Å². The molecule has 0 heterocycles. The van der Waals surface area contributed by atoms with Crippen LogP contribution in [0.4, 0.5) is 18.9 Å². The van der Waals surface area contributed by atoms with E-state index in [1.165, 1.54) is 12.1 Å². The van der Waals surface area contributed by atoms with Crippen LogP contribution in [-0.4, -0.2) is 25.4 Å². The maximum Gasteiger partial charge on any atom is 0.417 e. The van der Waals surface area contributed by atoms with E-state index in [1.54, 1.807) is 7.11 Å². The predicted octanol–water partition coefficient (Wildman–Crippen LogP) is 3.40. The van der Waals surface area contributed by atoms with Crippen LogP contribution >= 0.6 is 28.1 Å². The third kappa shape index (κ3) is 5.33. The number of halogens is 4. The monoisotopic (exact) mass is 356 g/mol. The molecule has 0 aromatic heterocycles. The largest absolute Gasteiger partial charge is 0.417 e. The Balaban J connectivity index is 2.72. The first kappa shape index (κ1) is 16.2. The highest BCUT2D eigenvalue weighted by atomic mass is 79.9. The second kappa shape index (κ2) is 7.06. The summed E-state index contributed by atoms with van der Waals surface area (Å²) >= 11 is 7.82. The van der Waals surface area contributed by atoms with E-state index in [2.05, 4.69) is 26.6 Å². The summed E-state index contributed by atoms with van der Waals surface area (Å²) in [6.45, 7) is 0.931. The van der Waals surface area contributed by atoms with Gasteiger partial charge in [0.15, 0.2) is 5.11 Å². The van der Waals surface area contributed by atoms with Crippen molar-refractivity contribution in [3.05, 3.63) is 28.2 Å². The molecule has 1 aromatic rings. The van der Waals surface area contributed by atoms with Crippen molar-refractivity contribution in [1.82, 2.24) is 5.32 Å². The molecule has 0 fully saturated rings. The zero-order valence-electron chi connectivity index (χ0n) is 9.97. The molecule has 0 unspecified atom stereocenters. The van der Waals surface area contributed by atoms with Crippen LogP contribution in [0.5, 0.6) is 0 Å². The van der Waals surface area contributed by atoms with Gasteiger partial charge in [0.1, 0.15) is 0 Å². The molecule has 0 aliphatic rings. The average molecular weight is 357 g/mol. The molecule has 19 heavy (non-hydrogen) atoms. The van der Waals surface area contributed by atoms with E-state index < -0.39 is 11.7 Å². The minimum absolute atomic E-state index is 0.0104. The molecule has 1 aromatic carbocycles. The fraction of sp³-hybridized carbons (Fsp3) is 0.364. The normalized spacial score (nSPS) is 11.2. The third-order valence-corrected chi connectivity index (χ3v) is 3.06. The molecule has 3 nitrogen and oxygen atoms in total. The van der Waals surface area contributed by atoms with Gasteiger partial charge in [0, 0.05) is 23.8 Å². The number of anilines is 1. The topological polar surface area (TPSA) is 33.3 Å². The van der Waals surface area contributed by atoms with Gasteiger partial charge in [-0.3, -0.25) is 0 Å². The maximum absolute atomic E-state index is 12.7. The fourth-order valence-electron chi connectivity index (χ4n) is 1.26. The predicted molar refractivity (Wildman–Crippen MR) is 75.2 cm³/mol. The minimum Gasteiger partial charge on any atom is -0.383 e. The highest BCUT2D eigenvalue weighted by molar-refractivity contribution is 9.10. The van der Waals surface area contributed by atoms with Crippen LogP contribution in [0, 0.1) is 0 Å². The summed E-state index contributed by atoms with van der Waals surface area (Å²) in [5.41, 5.74) is -0.484. The van der Waals surface area contributed by atoms with Crippen molar-refractivity contribution in [3.63, 3.8) is 0 Å². The zero-order valence-corrected chi connectivity index (χ0v) is 12.4. The van der Waals surface area contributed by atoms with Crippen molar-refractivity contribution in [2.45, 2.75) is 6.18 Å². The van der Waals surface area contributed by atoms with Crippen LogP contribution < -0.4 is 10.6 Å². The van der Waals surface area contributed by atoms with E-state index in [0.717, 1.165) is 6.07 Å². The first-order valence-corrected chi connectivity index (χ1v) is 6.45. The van der Waals surface area contributed by atoms with Crippen LogP contribution in [0.25, 0.3) is 0 Å². The fourth-order valence-corrected chi connectivity index (χ4v) is 1.95. The minimum atomic E-state index is -4.42. The van der Waals surface area contributed by atoms with Gasteiger partial charge in [-0.25, -0.2) is 0 Å². The van der Waals surface area contributed by atoms with Crippen molar-refractivity contribution >= 4 is 38.9 Å². The lowest BCUT2D eigenvalue weighted by molar-refractivity contribution is -0.138. The lowest BCUT2D eigenvalue weighted by atomic mass is 10.2. The summed E-state index contributed by atoms with van der Waals surface area (Å²) in [5.74, 6) is 0. The molecule has 2 N–H and O–H groups in total. The first-order valence-electron chi connectivity index (χ1n) is 5.25. The summed E-state index contributed by atoms with van der Waals surface area (Å²) < 4.78 is 42.9. The van der Waals surface area contributed by atoms with Gasteiger partial charge >= 0.3 is 6.18 Å². The number of nitrogens with one attached hydrogen (secondary N) is 2. The smallest absolute Gasteiger partial charge is 0.383 e. The second-order valence-corrected chi connectivity index (χ2v) is 4.83. The summed E-state index contributed by atoms with van der Waals surface area (Å²) in [6.07, 6.45) is -4.42. The molecule has 0 amide bonds. The van der Waals surface area contributed by atoms with Crippen molar-refractivity contribution < 1.29 is 17.9 Å². The van der Waals surface area contributed by atoms with E-state index in [4.69, 9.17) is 17.0 Å². The van der Waals surface area contributed by atoms with Gasteiger partial charge in [-0.15, -0.1) is 0 Å². The lowest BCUT2D eigenvalue weighted by Gasteiger charge is -2.13. The standard InChI is InChI=1S/C11H12BrF3N2OS/c1-18-5-4-16-10(19)17-7-2-3-9(12)8(6-7)11(13,14)15/h2-3,6H,4-5H2,1H3,(H2,16,17,19). The second-order valence-electron chi connectivity index (χ2n) is 3.57. The Morgan fingerprint density at radius 2 is 2.11 bits per heavy atom. The van der Waals surface area contributed by atoms with Gasteiger partial charge in [0.2, 0.25) is 0 Å². The number of benzene rings is 1. The van der Waals surface area contributed by atoms with E-state index in [9.17, 15) is 13.2 Å². The number of alkyl halides is 3. The Morgan fingerprint density at radius 3 is 2.68 bits per heavy atom. The van der Waals surface area contributed by atoms with Crippen LogP contribution in [0.15, 0.2) is 22.7 Å². The van der Waals surface area contributed by atoms with Crippen molar-refractivity contribution in [1.29, 1.82) is 0 Å². The molecule has 8 heteroatoms. The lowest BCUT2D eigenvalue weighted by Crippen LogP contribution is -2.31. The van der Waals surface area contributed by atoms with Crippen LogP contribution in [0.3, 0.4) is 0 Å². The molecular weight excluding hydrogens is 345 g/mol.